The van der Waals surface area contributed by atoms with Crippen molar-refractivity contribution in [2.24, 2.45) is 0 Å². The molecule has 1 amide bonds. The molecule has 1 aliphatic heterocycles. The summed E-state index contributed by atoms with van der Waals surface area (Å²) in [4.78, 5) is 16.7. The smallest absolute Gasteiger partial charge is 0.248 e. The van der Waals surface area contributed by atoms with Crippen LogP contribution in [0, 0.1) is 0 Å². The van der Waals surface area contributed by atoms with E-state index in [9.17, 15) is 4.79 Å². The molecule has 0 atom stereocenters. The van der Waals surface area contributed by atoms with Crippen LogP contribution < -0.4 is 14.8 Å². The van der Waals surface area contributed by atoms with Crippen LogP contribution in [0.5, 0.6) is 11.5 Å². The summed E-state index contributed by atoms with van der Waals surface area (Å²) in [7, 11) is 0. The summed E-state index contributed by atoms with van der Waals surface area (Å²) in [6.45, 7) is 1.23. The van der Waals surface area contributed by atoms with E-state index in [1.807, 2.05) is 24.3 Å². The highest BCUT2D eigenvalue weighted by Crippen LogP contribution is 2.32. The molecule has 0 saturated carbocycles. The molecule has 27 heavy (non-hydrogen) atoms. The molecule has 2 aromatic carbocycles. The van der Waals surface area contributed by atoms with Crippen LogP contribution in [-0.4, -0.2) is 24.1 Å². The average molecular weight is 381 g/mol. The lowest BCUT2D eigenvalue weighted by atomic mass is 10.2. The van der Waals surface area contributed by atoms with Gasteiger partial charge in [0.1, 0.15) is 0 Å². The molecular formula is C21H17ClN2O3. The van der Waals surface area contributed by atoms with Gasteiger partial charge >= 0.3 is 0 Å². The summed E-state index contributed by atoms with van der Waals surface area (Å²) in [6, 6.07) is 14.7. The van der Waals surface area contributed by atoms with Crippen LogP contribution in [0.2, 0.25) is 5.02 Å². The summed E-state index contributed by atoms with van der Waals surface area (Å²) in [6.07, 6.45) is 3.95. The van der Waals surface area contributed by atoms with Gasteiger partial charge in [0.15, 0.2) is 11.5 Å². The third-order valence-corrected chi connectivity index (χ3v) is 4.33. The van der Waals surface area contributed by atoms with E-state index in [2.05, 4.69) is 10.3 Å². The Morgan fingerprint density at radius 3 is 2.74 bits per heavy atom. The van der Waals surface area contributed by atoms with Crippen molar-refractivity contribution >= 4 is 40.2 Å². The minimum Gasteiger partial charge on any atom is -0.490 e. The second-order valence-electron chi connectivity index (χ2n) is 6.11. The van der Waals surface area contributed by atoms with Crippen LogP contribution in [-0.2, 0) is 4.79 Å². The van der Waals surface area contributed by atoms with Gasteiger partial charge in [-0.15, -0.1) is 0 Å². The molecule has 4 rings (SSSR count). The second kappa shape index (κ2) is 7.68. The van der Waals surface area contributed by atoms with Crippen LogP contribution in [0.25, 0.3) is 17.0 Å². The van der Waals surface area contributed by atoms with Crippen molar-refractivity contribution < 1.29 is 14.3 Å². The molecule has 0 radical (unpaired) electrons. The Labute approximate surface area is 161 Å². The molecule has 0 unspecified atom stereocenters. The molecule has 6 heteroatoms. The Hall–Kier alpha value is -3.05. The van der Waals surface area contributed by atoms with Crippen LogP contribution in [0.4, 0.5) is 5.69 Å². The topological polar surface area (TPSA) is 60.5 Å². The molecular weight excluding hydrogens is 364 g/mol. The molecule has 3 aromatic rings. The summed E-state index contributed by atoms with van der Waals surface area (Å²) >= 11 is 6.01. The number of ether oxygens (including phenoxy) is 2. The predicted octanol–water partition coefficient (Wildman–Crippen LogP) is 4.70. The van der Waals surface area contributed by atoms with E-state index in [0.29, 0.717) is 41.1 Å². The number of hydrogen-bond donors (Lipinski definition) is 1. The van der Waals surface area contributed by atoms with Gasteiger partial charge in [-0.2, -0.15) is 0 Å². The lowest BCUT2D eigenvalue weighted by Crippen LogP contribution is -2.08. The maximum absolute atomic E-state index is 12.2. The fourth-order valence-corrected chi connectivity index (χ4v) is 2.95. The van der Waals surface area contributed by atoms with Gasteiger partial charge in [-0.05, 0) is 36.4 Å². The third kappa shape index (κ3) is 4.20. The number of benzene rings is 2. The van der Waals surface area contributed by atoms with Crippen molar-refractivity contribution in [2.45, 2.75) is 6.42 Å². The Morgan fingerprint density at radius 1 is 1.04 bits per heavy atom. The Morgan fingerprint density at radius 2 is 1.85 bits per heavy atom. The average Bonchev–Trinajstić information content (AvgIpc) is 2.91. The highest BCUT2D eigenvalue weighted by Gasteiger charge is 2.11. The lowest BCUT2D eigenvalue weighted by Gasteiger charge is -2.09. The maximum Gasteiger partial charge on any atom is 0.248 e. The molecule has 0 spiro atoms. The van der Waals surface area contributed by atoms with Gasteiger partial charge in [0.25, 0.3) is 0 Å². The van der Waals surface area contributed by atoms with Gasteiger partial charge in [0, 0.05) is 34.7 Å². The number of anilines is 1. The number of carbonyl (C=O) groups excluding carboxylic acids is 1. The first-order valence-corrected chi connectivity index (χ1v) is 9.00. The third-order valence-electron chi connectivity index (χ3n) is 4.10. The van der Waals surface area contributed by atoms with E-state index in [-0.39, 0.29) is 5.91 Å². The van der Waals surface area contributed by atoms with Crippen molar-refractivity contribution in [3.05, 3.63) is 65.3 Å². The number of fused-ring (bicyclic) bond motifs is 2. The summed E-state index contributed by atoms with van der Waals surface area (Å²) in [5, 5.41) is 4.44. The first-order chi connectivity index (χ1) is 13.2. The fraction of sp³-hybridized carbons (Fsp3) is 0.143. The molecule has 1 aromatic heterocycles. The Balaban J connectivity index is 1.47. The van der Waals surface area contributed by atoms with Crippen molar-refractivity contribution in [2.75, 3.05) is 18.5 Å². The van der Waals surface area contributed by atoms with Crippen LogP contribution >= 0.6 is 11.6 Å². The molecule has 2 heterocycles. The Bertz CT molecular complexity index is 1030. The molecule has 136 valence electrons. The largest absolute Gasteiger partial charge is 0.490 e. The van der Waals surface area contributed by atoms with E-state index in [1.54, 1.807) is 30.3 Å². The molecule has 0 saturated heterocycles. The maximum atomic E-state index is 12.2. The van der Waals surface area contributed by atoms with Gasteiger partial charge in [0.05, 0.1) is 24.4 Å². The van der Waals surface area contributed by atoms with Crippen molar-refractivity contribution in [1.29, 1.82) is 0 Å². The standard InChI is InChI=1S/C21H17ClN2O3/c22-15-4-2-14-3-5-16(23-18(14)12-15)7-9-21(25)24-17-6-8-19-20(13-17)27-11-1-10-26-19/h2-9,12-13H,1,10-11H2,(H,24,25)/b9-7-. The van der Waals surface area contributed by atoms with E-state index < -0.39 is 0 Å². The molecule has 1 N–H and O–H groups in total. The number of halogens is 1. The number of aromatic nitrogens is 1. The normalized spacial score (nSPS) is 13.5. The summed E-state index contributed by atoms with van der Waals surface area (Å²) < 4.78 is 11.2. The number of nitrogens with one attached hydrogen (secondary N) is 1. The molecule has 1 aliphatic rings. The van der Waals surface area contributed by atoms with Gasteiger partial charge < -0.3 is 14.8 Å². The number of nitrogens with zero attached hydrogens (tertiary/aromatic N) is 1. The van der Waals surface area contributed by atoms with Crippen molar-refractivity contribution in [3.8, 4) is 11.5 Å². The first kappa shape index (κ1) is 17.4. The number of rotatable bonds is 3. The predicted molar refractivity (Wildman–Crippen MR) is 106 cm³/mol. The number of hydrogen-bond acceptors (Lipinski definition) is 4. The van der Waals surface area contributed by atoms with E-state index in [1.165, 1.54) is 6.08 Å². The van der Waals surface area contributed by atoms with Crippen molar-refractivity contribution in [3.63, 3.8) is 0 Å². The Kier molecular flexibility index (Phi) is 4.94. The van der Waals surface area contributed by atoms with Gasteiger partial charge in [-0.25, -0.2) is 4.98 Å². The lowest BCUT2D eigenvalue weighted by molar-refractivity contribution is -0.111. The minimum atomic E-state index is -0.252. The first-order valence-electron chi connectivity index (χ1n) is 8.62. The fourth-order valence-electron chi connectivity index (χ4n) is 2.78. The number of pyridine rings is 1. The minimum absolute atomic E-state index is 0.252. The zero-order valence-electron chi connectivity index (χ0n) is 14.4. The quantitative estimate of drug-likeness (QED) is 0.669. The van der Waals surface area contributed by atoms with E-state index in [0.717, 1.165) is 17.3 Å². The molecule has 0 bridgehead atoms. The second-order valence-corrected chi connectivity index (χ2v) is 6.54. The monoisotopic (exact) mass is 380 g/mol. The number of amides is 1. The van der Waals surface area contributed by atoms with Crippen LogP contribution in [0.1, 0.15) is 12.1 Å². The molecule has 0 aliphatic carbocycles. The summed E-state index contributed by atoms with van der Waals surface area (Å²) in [5.74, 6) is 1.08. The summed E-state index contributed by atoms with van der Waals surface area (Å²) in [5.41, 5.74) is 2.11. The highest BCUT2D eigenvalue weighted by atomic mass is 35.5. The van der Waals surface area contributed by atoms with E-state index >= 15 is 0 Å². The highest BCUT2D eigenvalue weighted by molar-refractivity contribution is 6.31. The van der Waals surface area contributed by atoms with Gasteiger partial charge in [-0.1, -0.05) is 23.7 Å². The molecule has 5 nitrogen and oxygen atoms in total. The van der Waals surface area contributed by atoms with Crippen LogP contribution in [0.3, 0.4) is 0 Å². The van der Waals surface area contributed by atoms with Gasteiger partial charge in [-0.3, -0.25) is 4.79 Å². The van der Waals surface area contributed by atoms with E-state index in [4.69, 9.17) is 21.1 Å². The zero-order valence-corrected chi connectivity index (χ0v) is 15.2. The van der Waals surface area contributed by atoms with Crippen LogP contribution in [0.15, 0.2) is 54.6 Å². The van der Waals surface area contributed by atoms with Gasteiger partial charge in [0.2, 0.25) is 5.91 Å². The zero-order chi connectivity index (χ0) is 18.6. The SMILES string of the molecule is O=C(/C=C\c1ccc2ccc(Cl)cc2n1)Nc1ccc2c(c1)OCCCO2. The molecule has 0 fully saturated rings. The van der Waals surface area contributed by atoms with Crippen molar-refractivity contribution in [1.82, 2.24) is 4.98 Å². The number of carbonyl (C=O) groups is 1.